The first-order valence-corrected chi connectivity index (χ1v) is 9.08. The molecule has 2 aromatic rings. The van der Waals surface area contributed by atoms with Crippen molar-refractivity contribution in [1.82, 2.24) is 0 Å². The monoisotopic (exact) mass is 447 g/mol. The first-order chi connectivity index (χ1) is 13.2. The molecule has 0 saturated heterocycles. The molecule has 0 aliphatic rings. The van der Waals surface area contributed by atoms with E-state index in [-0.39, 0.29) is 16.8 Å². The topological polar surface area (TPSA) is 93.1 Å². The Labute approximate surface area is 182 Å². The Kier molecular flexibility index (Phi) is 11.4. The van der Waals surface area contributed by atoms with Gasteiger partial charge >= 0.3 is 11.9 Å². The summed E-state index contributed by atoms with van der Waals surface area (Å²) in [5, 5.41) is 18.2. The summed E-state index contributed by atoms with van der Waals surface area (Å²) in [5.41, 5.74) is -1.16. The number of aliphatic carboxylic acids is 2. The Balaban J connectivity index is 0.000000523. The molecule has 29 heavy (non-hydrogen) atoms. The van der Waals surface area contributed by atoms with Crippen molar-refractivity contribution in [2.45, 2.75) is 38.9 Å². The molecule has 0 aliphatic heterocycles. The fraction of sp³-hybridized carbons (Fsp3) is 0.364. The van der Waals surface area contributed by atoms with Gasteiger partial charge in [0.05, 0.1) is 0 Å². The molecule has 1 radical (unpaired) electrons. The molecule has 6 nitrogen and oxygen atoms in total. The van der Waals surface area contributed by atoms with Crippen molar-refractivity contribution in [2.75, 3.05) is 13.2 Å². The SMILES string of the molecule is CCOC(C)(C(=O)O)c1ccccc1.CCOC(C)(C(=O)O)c1ccccc1.[Co]. The number of carboxylic acid groups (broad SMARTS) is 2. The third kappa shape index (κ3) is 6.97. The molecule has 0 aliphatic carbocycles. The van der Waals surface area contributed by atoms with Gasteiger partial charge in [0.15, 0.2) is 11.2 Å². The second-order valence-corrected chi connectivity index (χ2v) is 6.27. The summed E-state index contributed by atoms with van der Waals surface area (Å²) in [6, 6.07) is 17.9. The summed E-state index contributed by atoms with van der Waals surface area (Å²) in [5.74, 6) is -1.93. The minimum absolute atomic E-state index is 0. The molecule has 2 N–H and O–H groups in total. The van der Waals surface area contributed by atoms with Crippen LogP contribution in [0.4, 0.5) is 0 Å². The fourth-order valence-corrected chi connectivity index (χ4v) is 2.63. The number of carbonyl (C=O) groups is 2. The number of carboxylic acids is 2. The Bertz CT molecular complexity index is 687. The van der Waals surface area contributed by atoms with Crippen LogP contribution in [0.5, 0.6) is 0 Å². The van der Waals surface area contributed by atoms with E-state index in [1.807, 2.05) is 12.1 Å². The van der Waals surface area contributed by atoms with E-state index in [1.54, 1.807) is 76.2 Å². The van der Waals surface area contributed by atoms with E-state index in [4.69, 9.17) is 19.7 Å². The zero-order chi connectivity index (χ0) is 21.2. The number of ether oxygens (including phenoxy) is 2. The van der Waals surface area contributed by atoms with Gasteiger partial charge < -0.3 is 19.7 Å². The molecule has 0 aromatic heterocycles. The van der Waals surface area contributed by atoms with Crippen molar-refractivity contribution in [3.8, 4) is 0 Å². The maximum Gasteiger partial charge on any atom is 0.340 e. The summed E-state index contributed by atoms with van der Waals surface area (Å²) in [4.78, 5) is 22.2. The van der Waals surface area contributed by atoms with Gasteiger partial charge in [-0.05, 0) is 38.8 Å². The Morgan fingerprint density at radius 2 is 1.00 bits per heavy atom. The van der Waals surface area contributed by atoms with Crippen LogP contribution in [-0.2, 0) is 47.0 Å². The molecule has 0 spiro atoms. The number of hydrogen-bond acceptors (Lipinski definition) is 4. The summed E-state index contributed by atoms with van der Waals surface area (Å²) >= 11 is 0. The van der Waals surface area contributed by atoms with Crippen LogP contribution in [0.25, 0.3) is 0 Å². The molecule has 2 rings (SSSR count). The number of rotatable bonds is 8. The normalized spacial score (nSPS) is 14.2. The van der Waals surface area contributed by atoms with Gasteiger partial charge in [0.25, 0.3) is 0 Å². The molecule has 0 fully saturated rings. The molecule has 0 heterocycles. The Morgan fingerprint density at radius 3 is 1.21 bits per heavy atom. The third-order valence-electron chi connectivity index (χ3n) is 4.33. The van der Waals surface area contributed by atoms with Gasteiger partial charge in [-0.25, -0.2) is 9.59 Å². The van der Waals surface area contributed by atoms with Crippen LogP contribution < -0.4 is 0 Å². The third-order valence-corrected chi connectivity index (χ3v) is 4.33. The van der Waals surface area contributed by atoms with E-state index in [0.717, 1.165) is 0 Å². The molecule has 2 aromatic carbocycles. The van der Waals surface area contributed by atoms with Gasteiger partial charge in [0, 0.05) is 30.0 Å². The predicted octanol–water partition coefficient (Wildman–Crippen LogP) is 4.04. The predicted molar refractivity (Wildman–Crippen MR) is 106 cm³/mol. The molecular weight excluding hydrogens is 419 g/mol. The number of hydrogen-bond donors (Lipinski definition) is 2. The molecule has 2 unspecified atom stereocenters. The van der Waals surface area contributed by atoms with E-state index in [1.165, 1.54) is 0 Å². The van der Waals surface area contributed by atoms with E-state index in [0.29, 0.717) is 24.3 Å². The molecule has 161 valence electrons. The van der Waals surface area contributed by atoms with Crippen molar-refractivity contribution in [2.24, 2.45) is 0 Å². The largest absolute Gasteiger partial charge is 0.479 e. The zero-order valence-corrected chi connectivity index (χ0v) is 18.1. The van der Waals surface area contributed by atoms with Crippen molar-refractivity contribution in [3.63, 3.8) is 0 Å². The quantitative estimate of drug-likeness (QED) is 0.635. The van der Waals surface area contributed by atoms with Gasteiger partial charge in [-0.2, -0.15) is 0 Å². The van der Waals surface area contributed by atoms with Crippen LogP contribution in [0.3, 0.4) is 0 Å². The molecule has 2 atom stereocenters. The standard InChI is InChI=1S/2C11H14O3.Co/c2*1-3-14-11(2,10(12)13)9-7-5-4-6-8-9;/h2*4-8H,3H2,1-2H3,(H,12,13);. The van der Waals surface area contributed by atoms with Crippen LogP contribution in [0, 0.1) is 0 Å². The molecule has 0 saturated carbocycles. The van der Waals surface area contributed by atoms with E-state index in [9.17, 15) is 9.59 Å². The molecular formula is C22H28CoO6. The summed E-state index contributed by atoms with van der Waals surface area (Å²) in [7, 11) is 0. The van der Waals surface area contributed by atoms with E-state index >= 15 is 0 Å². The van der Waals surface area contributed by atoms with E-state index < -0.39 is 23.1 Å². The molecule has 0 amide bonds. The van der Waals surface area contributed by atoms with Crippen LogP contribution in [0.2, 0.25) is 0 Å². The smallest absolute Gasteiger partial charge is 0.340 e. The van der Waals surface area contributed by atoms with Crippen LogP contribution in [-0.4, -0.2) is 35.4 Å². The Morgan fingerprint density at radius 1 is 0.724 bits per heavy atom. The molecule has 7 heteroatoms. The second-order valence-electron chi connectivity index (χ2n) is 6.27. The minimum atomic E-state index is -1.24. The maximum atomic E-state index is 11.1. The van der Waals surface area contributed by atoms with Crippen molar-refractivity contribution in [3.05, 3.63) is 71.8 Å². The first-order valence-electron chi connectivity index (χ1n) is 9.08. The van der Waals surface area contributed by atoms with Gasteiger partial charge in [0.2, 0.25) is 0 Å². The Hall–Kier alpha value is -2.19. The van der Waals surface area contributed by atoms with Gasteiger partial charge in [-0.3, -0.25) is 0 Å². The summed E-state index contributed by atoms with van der Waals surface area (Å²) in [6.45, 7) is 7.44. The minimum Gasteiger partial charge on any atom is -0.479 e. The van der Waals surface area contributed by atoms with E-state index in [2.05, 4.69) is 0 Å². The van der Waals surface area contributed by atoms with Crippen molar-refractivity contribution >= 4 is 11.9 Å². The van der Waals surface area contributed by atoms with Crippen LogP contribution in [0.1, 0.15) is 38.8 Å². The number of benzene rings is 2. The van der Waals surface area contributed by atoms with Gasteiger partial charge in [-0.1, -0.05) is 60.7 Å². The van der Waals surface area contributed by atoms with Crippen molar-refractivity contribution < 1.29 is 46.1 Å². The van der Waals surface area contributed by atoms with Crippen LogP contribution >= 0.6 is 0 Å². The maximum absolute atomic E-state index is 11.1. The summed E-state index contributed by atoms with van der Waals surface area (Å²) in [6.07, 6.45) is 0. The first kappa shape index (κ1) is 26.8. The van der Waals surface area contributed by atoms with Crippen LogP contribution in [0.15, 0.2) is 60.7 Å². The van der Waals surface area contributed by atoms with Gasteiger partial charge in [-0.15, -0.1) is 0 Å². The molecule has 0 bridgehead atoms. The second kappa shape index (κ2) is 12.4. The van der Waals surface area contributed by atoms with Gasteiger partial charge in [0.1, 0.15) is 0 Å². The summed E-state index contributed by atoms with van der Waals surface area (Å²) < 4.78 is 10.6. The fourth-order valence-electron chi connectivity index (χ4n) is 2.63. The average Bonchev–Trinajstić information content (AvgIpc) is 2.70. The average molecular weight is 447 g/mol. The van der Waals surface area contributed by atoms with Crippen molar-refractivity contribution in [1.29, 1.82) is 0 Å². The zero-order valence-electron chi connectivity index (χ0n) is 17.0.